The molecule has 1 atom stereocenters. The highest BCUT2D eigenvalue weighted by Crippen LogP contribution is 2.24. The van der Waals surface area contributed by atoms with Gasteiger partial charge in [-0.1, -0.05) is 18.6 Å². The Morgan fingerprint density at radius 2 is 2.11 bits per heavy atom. The largest absolute Gasteiger partial charge is 0.373 e. The van der Waals surface area contributed by atoms with E-state index in [1.165, 1.54) is 0 Å². The van der Waals surface area contributed by atoms with E-state index < -0.39 is 19.0 Å². The van der Waals surface area contributed by atoms with E-state index in [2.05, 4.69) is 11.4 Å². The average Bonchev–Trinajstić information content (AvgIpc) is 2.38. The van der Waals surface area contributed by atoms with E-state index in [-0.39, 0.29) is 12.6 Å². The molecule has 0 spiro atoms. The van der Waals surface area contributed by atoms with E-state index in [9.17, 15) is 17.6 Å². The Labute approximate surface area is 111 Å². The van der Waals surface area contributed by atoms with Crippen LogP contribution in [0.4, 0.5) is 17.6 Å². The van der Waals surface area contributed by atoms with Gasteiger partial charge in [0.2, 0.25) is 0 Å². The Kier molecular flexibility index (Phi) is 6.79. The summed E-state index contributed by atoms with van der Waals surface area (Å²) >= 11 is 0. The minimum Gasteiger partial charge on any atom is -0.373 e. The van der Waals surface area contributed by atoms with E-state index >= 15 is 0 Å². The lowest BCUT2D eigenvalue weighted by atomic mass is 9.94. The fourth-order valence-corrected chi connectivity index (χ4v) is 2.10. The molecule has 0 aliphatic heterocycles. The molecule has 112 valence electrons. The van der Waals surface area contributed by atoms with Crippen molar-refractivity contribution < 1.29 is 22.3 Å². The highest BCUT2D eigenvalue weighted by Gasteiger charge is 2.41. The number of allylic oxidation sites excluding steroid dienone is 1. The van der Waals surface area contributed by atoms with E-state index in [0.29, 0.717) is 6.54 Å². The van der Waals surface area contributed by atoms with Crippen molar-refractivity contribution in [1.82, 2.24) is 5.32 Å². The zero-order valence-electron chi connectivity index (χ0n) is 11.1. The molecule has 0 amide bonds. The first kappa shape index (κ1) is 16.4. The lowest BCUT2D eigenvalue weighted by molar-refractivity contribution is -0.166. The minimum absolute atomic E-state index is 0.00197. The number of rotatable bonds is 8. The molecule has 0 saturated carbocycles. The second-order valence-electron chi connectivity index (χ2n) is 4.71. The maximum absolute atomic E-state index is 12.7. The van der Waals surface area contributed by atoms with Crippen LogP contribution in [0.2, 0.25) is 0 Å². The van der Waals surface area contributed by atoms with Gasteiger partial charge in [-0.2, -0.15) is 8.78 Å². The predicted molar refractivity (Wildman–Crippen MR) is 65.8 cm³/mol. The van der Waals surface area contributed by atoms with Crippen molar-refractivity contribution in [3.8, 4) is 0 Å². The van der Waals surface area contributed by atoms with Gasteiger partial charge in [0.15, 0.2) is 0 Å². The Balaban J connectivity index is 2.44. The summed E-state index contributed by atoms with van der Waals surface area (Å²) in [5.74, 6) is -4.07. The Hall–Kier alpha value is -0.620. The van der Waals surface area contributed by atoms with Crippen LogP contribution in [0.25, 0.3) is 0 Å². The molecule has 0 fully saturated rings. The Bertz CT molecular complexity index is 294. The standard InChI is InChI=1S/C13H21F4NO/c1-2-18-11(10-6-4-3-5-7-10)8-19-9-13(16,17)12(14)15/h6,11-12,18H,2-5,7-9H2,1H3. The summed E-state index contributed by atoms with van der Waals surface area (Å²) in [6.45, 7) is 1.35. The van der Waals surface area contributed by atoms with Crippen molar-refractivity contribution in [3.05, 3.63) is 11.6 Å². The highest BCUT2D eigenvalue weighted by molar-refractivity contribution is 5.13. The minimum atomic E-state index is -4.07. The van der Waals surface area contributed by atoms with Gasteiger partial charge in [0, 0.05) is 0 Å². The number of nitrogens with one attached hydrogen (secondary N) is 1. The summed E-state index contributed by atoms with van der Waals surface area (Å²) in [7, 11) is 0. The summed E-state index contributed by atoms with van der Waals surface area (Å²) in [5, 5.41) is 3.14. The van der Waals surface area contributed by atoms with Crippen LogP contribution in [0.1, 0.15) is 32.6 Å². The van der Waals surface area contributed by atoms with Gasteiger partial charge in [0.1, 0.15) is 6.61 Å². The summed E-state index contributed by atoms with van der Waals surface area (Å²) in [6.07, 6.45) is 2.49. The molecule has 0 aromatic heterocycles. The highest BCUT2D eigenvalue weighted by atomic mass is 19.3. The molecule has 1 aliphatic carbocycles. The first-order chi connectivity index (χ1) is 8.97. The lowest BCUT2D eigenvalue weighted by Crippen LogP contribution is -2.39. The van der Waals surface area contributed by atoms with E-state index in [0.717, 1.165) is 31.3 Å². The SMILES string of the molecule is CCNC(COCC(F)(F)C(F)F)C1=CCCCC1. The molecule has 0 saturated heterocycles. The summed E-state index contributed by atoms with van der Waals surface area (Å²) < 4.78 is 54.2. The number of likely N-dealkylation sites (N-methyl/N-ethyl adjacent to an activating group) is 1. The number of ether oxygens (including phenoxy) is 1. The molecule has 0 radical (unpaired) electrons. The molecule has 1 rings (SSSR count). The Morgan fingerprint density at radius 1 is 1.37 bits per heavy atom. The maximum atomic E-state index is 12.7. The molecule has 0 aromatic rings. The fraction of sp³-hybridized carbons (Fsp3) is 0.846. The monoisotopic (exact) mass is 283 g/mol. The van der Waals surface area contributed by atoms with Crippen molar-refractivity contribution in [3.63, 3.8) is 0 Å². The second-order valence-corrected chi connectivity index (χ2v) is 4.71. The molecule has 1 unspecified atom stereocenters. The lowest BCUT2D eigenvalue weighted by Gasteiger charge is -2.25. The summed E-state index contributed by atoms with van der Waals surface area (Å²) in [6, 6.07) is -0.154. The van der Waals surface area contributed by atoms with Crippen LogP contribution in [0, 0.1) is 0 Å². The molecular formula is C13H21F4NO. The zero-order chi connectivity index (χ0) is 14.3. The van der Waals surface area contributed by atoms with Crippen LogP contribution >= 0.6 is 0 Å². The number of halogens is 4. The van der Waals surface area contributed by atoms with Crippen LogP contribution in [0.15, 0.2) is 11.6 Å². The topological polar surface area (TPSA) is 21.3 Å². The van der Waals surface area contributed by atoms with Crippen LogP contribution < -0.4 is 5.32 Å². The van der Waals surface area contributed by atoms with Gasteiger partial charge in [0.05, 0.1) is 12.6 Å². The van der Waals surface area contributed by atoms with E-state index in [1.54, 1.807) is 0 Å². The van der Waals surface area contributed by atoms with Crippen LogP contribution in [-0.2, 0) is 4.74 Å². The van der Waals surface area contributed by atoms with Gasteiger partial charge in [-0.05, 0) is 32.2 Å². The van der Waals surface area contributed by atoms with E-state index in [4.69, 9.17) is 4.74 Å². The summed E-state index contributed by atoms with van der Waals surface area (Å²) in [5.41, 5.74) is 1.13. The van der Waals surface area contributed by atoms with Gasteiger partial charge >= 0.3 is 12.3 Å². The van der Waals surface area contributed by atoms with Crippen molar-refractivity contribution in [2.45, 2.75) is 51.0 Å². The number of hydrogen-bond acceptors (Lipinski definition) is 2. The zero-order valence-corrected chi connectivity index (χ0v) is 11.1. The summed E-state index contributed by atoms with van der Waals surface area (Å²) in [4.78, 5) is 0. The molecule has 19 heavy (non-hydrogen) atoms. The maximum Gasteiger partial charge on any atom is 0.330 e. The number of hydrogen-bond donors (Lipinski definition) is 1. The van der Waals surface area contributed by atoms with Gasteiger partial charge in [-0.25, -0.2) is 8.78 Å². The fourth-order valence-electron chi connectivity index (χ4n) is 2.10. The van der Waals surface area contributed by atoms with Crippen LogP contribution in [-0.4, -0.2) is 38.1 Å². The third-order valence-electron chi connectivity index (χ3n) is 3.12. The quantitative estimate of drug-likeness (QED) is 0.544. The predicted octanol–water partition coefficient (Wildman–Crippen LogP) is 3.38. The first-order valence-corrected chi connectivity index (χ1v) is 6.63. The third-order valence-corrected chi connectivity index (χ3v) is 3.12. The second kappa shape index (κ2) is 7.85. The van der Waals surface area contributed by atoms with E-state index in [1.807, 2.05) is 6.92 Å². The van der Waals surface area contributed by atoms with Crippen molar-refractivity contribution in [2.24, 2.45) is 0 Å². The molecule has 0 bridgehead atoms. The van der Waals surface area contributed by atoms with Crippen molar-refractivity contribution in [1.29, 1.82) is 0 Å². The third kappa shape index (κ3) is 5.48. The Morgan fingerprint density at radius 3 is 2.63 bits per heavy atom. The molecule has 0 heterocycles. The molecule has 0 aromatic carbocycles. The normalized spacial score (nSPS) is 18.5. The molecule has 2 nitrogen and oxygen atoms in total. The van der Waals surface area contributed by atoms with Gasteiger partial charge in [-0.15, -0.1) is 0 Å². The van der Waals surface area contributed by atoms with Crippen LogP contribution in [0.5, 0.6) is 0 Å². The van der Waals surface area contributed by atoms with Gasteiger partial charge in [-0.3, -0.25) is 0 Å². The smallest absolute Gasteiger partial charge is 0.330 e. The van der Waals surface area contributed by atoms with Gasteiger partial charge < -0.3 is 10.1 Å². The number of alkyl halides is 4. The molecule has 6 heteroatoms. The van der Waals surface area contributed by atoms with Crippen LogP contribution in [0.3, 0.4) is 0 Å². The molecule has 1 aliphatic rings. The van der Waals surface area contributed by atoms with Crippen molar-refractivity contribution in [2.75, 3.05) is 19.8 Å². The first-order valence-electron chi connectivity index (χ1n) is 6.63. The van der Waals surface area contributed by atoms with Crippen molar-refractivity contribution >= 4 is 0 Å². The van der Waals surface area contributed by atoms with Gasteiger partial charge in [0.25, 0.3) is 0 Å². The average molecular weight is 283 g/mol. The molecular weight excluding hydrogens is 262 g/mol. The molecule has 1 N–H and O–H groups in total.